The molecule has 0 atom stereocenters. The Morgan fingerprint density at radius 2 is 2.00 bits per heavy atom. The van der Waals surface area contributed by atoms with E-state index in [9.17, 15) is 14.7 Å². The third-order valence-electron chi connectivity index (χ3n) is 1.95. The van der Waals surface area contributed by atoms with Gasteiger partial charge in [-0.3, -0.25) is 0 Å². The number of hydrogen-bond donors (Lipinski definition) is 2. The first-order valence-electron chi connectivity index (χ1n) is 4.08. The molecule has 0 aliphatic rings. The van der Waals surface area contributed by atoms with Crippen molar-refractivity contribution in [2.24, 2.45) is 0 Å². The maximum atomic E-state index is 10.9. The molecule has 76 valence electrons. The van der Waals surface area contributed by atoms with Gasteiger partial charge in [-0.05, 0) is 12.1 Å². The fourth-order valence-corrected chi connectivity index (χ4v) is 1.34. The summed E-state index contributed by atoms with van der Waals surface area (Å²) in [5, 5.41) is 18.3. The molecule has 0 radical (unpaired) electrons. The van der Waals surface area contributed by atoms with Crippen LogP contribution in [0.1, 0.15) is 10.4 Å². The maximum absolute atomic E-state index is 10.9. The largest absolute Gasteiger partial charge is 0.508 e. The van der Waals surface area contributed by atoms with E-state index >= 15 is 0 Å². The highest BCUT2D eigenvalue weighted by Gasteiger charge is 2.11. The number of hydrogen-bond acceptors (Lipinski definition) is 4. The van der Waals surface area contributed by atoms with Crippen LogP contribution in [0.3, 0.4) is 0 Å². The summed E-state index contributed by atoms with van der Waals surface area (Å²) >= 11 is 0. The Balaban J connectivity index is 2.92. The van der Waals surface area contributed by atoms with Crippen LogP contribution in [0.25, 0.3) is 11.0 Å². The number of fused-ring (bicyclic) bond motifs is 1. The molecule has 0 aliphatic carbocycles. The molecular weight excluding hydrogens is 200 g/mol. The van der Waals surface area contributed by atoms with Crippen LogP contribution in [0.4, 0.5) is 0 Å². The van der Waals surface area contributed by atoms with Crippen LogP contribution in [0, 0.1) is 0 Å². The van der Waals surface area contributed by atoms with Crippen LogP contribution >= 0.6 is 0 Å². The molecule has 0 bridgehead atoms. The number of benzene rings is 1. The van der Waals surface area contributed by atoms with E-state index < -0.39 is 11.6 Å². The number of carboxylic acid groups (broad SMARTS) is 1. The predicted octanol–water partition coefficient (Wildman–Crippen LogP) is 1.20. The summed E-state index contributed by atoms with van der Waals surface area (Å²) in [7, 11) is 0. The van der Waals surface area contributed by atoms with Crippen molar-refractivity contribution in [1.29, 1.82) is 0 Å². The molecule has 0 aliphatic heterocycles. The van der Waals surface area contributed by atoms with Gasteiger partial charge in [0.1, 0.15) is 11.3 Å². The molecule has 1 aromatic carbocycles. The fourth-order valence-electron chi connectivity index (χ4n) is 1.34. The topological polar surface area (TPSA) is 87.7 Å². The van der Waals surface area contributed by atoms with Crippen molar-refractivity contribution >= 4 is 16.9 Å². The molecule has 5 heteroatoms. The van der Waals surface area contributed by atoms with Crippen LogP contribution in [0.15, 0.2) is 33.5 Å². The number of phenolic OH excluding ortho intramolecular Hbond substituents is 1. The molecule has 2 aromatic rings. The lowest BCUT2D eigenvalue weighted by Crippen LogP contribution is -2.00. The van der Waals surface area contributed by atoms with Gasteiger partial charge in [0.15, 0.2) is 0 Å². The average Bonchev–Trinajstić information content (AvgIpc) is 2.15. The first kappa shape index (κ1) is 9.26. The lowest BCUT2D eigenvalue weighted by Gasteiger charge is -2.01. The van der Waals surface area contributed by atoms with Crippen LogP contribution in [0.5, 0.6) is 5.75 Å². The molecule has 0 unspecified atom stereocenters. The van der Waals surface area contributed by atoms with E-state index in [4.69, 9.17) is 9.52 Å². The van der Waals surface area contributed by atoms with E-state index in [1.165, 1.54) is 12.1 Å². The zero-order valence-corrected chi connectivity index (χ0v) is 7.43. The Kier molecular flexibility index (Phi) is 1.93. The third kappa shape index (κ3) is 1.54. The van der Waals surface area contributed by atoms with Crippen molar-refractivity contribution in [2.45, 2.75) is 0 Å². The minimum Gasteiger partial charge on any atom is -0.508 e. The SMILES string of the molecule is O=C(O)c1cc(O)cc2oc(=O)ccc12. The zero-order chi connectivity index (χ0) is 11.0. The third-order valence-corrected chi connectivity index (χ3v) is 1.95. The first-order chi connectivity index (χ1) is 7.08. The van der Waals surface area contributed by atoms with Gasteiger partial charge in [0.05, 0.1) is 5.56 Å². The highest BCUT2D eigenvalue weighted by atomic mass is 16.4. The summed E-state index contributed by atoms with van der Waals surface area (Å²) in [6.07, 6.45) is 0. The second kappa shape index (κ2) is 3.13. The molecule has 0 saturated carbocycles. The van der Waals surface area contributed by atoms with Gasteiger partial charge in [0, 0.05) is 17.5 Å². The molecule has 0 fully saturated rings. The molecule has 0 spiro atoms. The molecule has 0 amide bonds. The number of carboxylic acids is 1. The lowest BCUT2D eigenvalue weighted by atomic mass is 10.1. The highest BCUT2D eigenvalue weighted by Crippen LogP contribution is 2.23. The van der Waals surface area contributed by atoms with E-state index in [-0.39, 0.29) is 22.3 Å². The molecule has 2 rings (SSSR count). The molecule has 2 N–H and O–H groups in total. The summed E-state index contributed by atoms with van der Waals surface area (Å²) in [6.45, 7) is 0. The van der Waals surface area contributed by atoms with E-state index in [1.807, 2.05) is 0 Å². The van der Waals surface area contributed by atoms with Crippen molar-refractivity contribution in [3.63, 3.8) is 0 Å². The molecule has 1 aromatic heterocycles. The smallest absolute Gasteiger partial charge is 0.336 e. The zero-order valence-electron chi connectivity index (χ0n) is 7.43. The summed E-state index contributed by atoms with van der Waals surface area (Å²) in [6, 6.07) is 4.78. The number of rotatable bonds is 1. The monoisotopic (exact) mass is 206 g/mol. The summed E-state index contributed by atoms with van der Waals surface area (Å²) < 4.78 is 4.75. The summed E-state index contributed by atoms with van der Waals surface area (Å²) in [5.41, 5.74) is -0.641. The summed E-state index contributed by atoms with van der Waals surface area (Å²) in [5.74, 6) is -1.45. The van der Waals surface area contributed by atoms with Crippen molar-refractivity contribution in [2.75, 3.05) is 0 Å². The number of aromatic carboxylic acids is 1. The molecule has 1 heterocycles. The quantitative estimate of drug-likeness (QED) is 0.684. The van der Waals surface area contributed by atoms with Crippen LogP contribution < -0.4 is 5.63 Å². The van der Waals surface area contributed by atoms with Gasteiger partial charge in [0.2, 0.25) is 0 Å². The van der Waals surface area contributed by atoms with Gasteiger partial charge >= 0.3 is 11.6 Å². The summed E-state index contributed by atoms with van der Waals surface area (Å²) in [4.78, 5) is 21.7. The van der Waals surface area contributed by atoms with E-state index in [1.54, 1.807) is 0 Å². The Morgan fingerprint density at radius 1 is 1.27 bits per heavy atom. The fraction of sp³-hybridized carbons (Fsp3) is 0. The lowest BCUT2D eigenvalue weighted by molar-refractivity contribution is 0.0698. The van der Waals surface area contributed by atoms with Crippen molar-refractivity contribution < 1.29 is 19.4 Å². The number of carbonyl (C=O) groups is 1. The number of phenols is 1. The van der Waals surface area contributed by atoms with Gasteiger partial charge in [-0.1, -0.05) is 0 Å². The molecule has 15 heavy (non-hydrogen) atoms. The second-order valence-electron chi connectivity index (χ2n) is 2.96. The Bertz CT molecular complexity index is 596. The molecule has 0 saturated heterocycles. The first-order valence-corrected chi connectivity index (χ1v) is 4.08. The van der Waals surface area contributed by atoms with Gasteiger partial charge in [-0.15, -0.1) is 0 Å². The van der Waals surface area contributed by atoms with Gasteiger partial charge in [-0.2, -0.15) is 0 Å². The van der Waals surface area contributed by atoms with Crippen molar-refractivity contribution in [3.05, 3.63) is 40.2 Å². The van der Waals surface area contributed by atoms with Gasteiger partial charge in [-0.25, -0.2) is 9.59 Å². The second-order valence-corrected chi connectivity index (χ2v) is 2.96. The van der Waals surface area contributed by atoms with Gasteiger partial charge < -0.3 is 14.6 Å². The standard InChI is InChI=1S/C10H6O5/c11-5-3-7(10(13)14)6-1-2-9(12)15-8(6)4-5/h1-4,11H,(H,13,14). The van der Waals surface area contributed by atoms with Crippen LogP contribution in [0.2, 0.25) is 0 Å². The number of aromatic hydroxyl groups is 1. The normalized spacial score (nSPS) is 10.4. The van der Waals surface area contributed by atoms with Crippen molar-refractivity contribution in [1.82, 2.24) is 0 Å². The Labute approximate surface area is 83.2 Å². The molecular formula is C10H6O5. The van der Waals surface area contributed by atoms with E-state index in [0.717, 1.165) is 12.1 Å². The average molecular weight is 206 g/mol. The highest BCUT2D eigenvalue weighted by molar-refractivity contribution is 6.02. The van der Waals surface area contributed by atoms with Crippen LogP contribution in [-0.2, 0) is 0 Å². The van der Waals surface area contributed by atoms with E-state index in [2.05, 4.69) is 0 Å². The molecule has 5 nitrogen and oxygen atoms in total. The van der Waals surface area contributed by atoms with Crippen LogP contribution in [-0.4, -0.2) is 16.2 Å². The Hall–Kier alpha value is -2.30. The Morgan fingerprint density at radius 3 is 2.67 bits per heavy atom. The minimum absolute atomic E-state index is 0.0555. The maximum Gasteiger partial charge on any atom is 0.336 e. The van der Waals surface area contributed by atoms with Crippen molar-refractivity contribution in [3.8, 4) is 5.75 Å². The minimum atomic E-state index is -1.19. The predicted molar refractivity (Wildman–Crippen MR) is 51.1 cm³/mol. The van der Waals surface area contributed by atoms with Gasteiger partial charge in [0.25, 0.3) is 0 Å². The van der Waals surface area contributed by atoms with E-state index in [0.29, 0.717) is 0 Å².